The van der Waals surface area contributed by atoms with Crippen LogP contribution in [0, 0.1) is 6.92 Å². The van der Waals surface area contributed by atoms with Crippen LogP contribution in [0.25, 0.3) is 16.9 Å². The molecule has 21 heavy (non-hydrogen) atoms. The summed E-state index contributed by atoms with van der Waals surface area (Å²) in [4.78, 5) is 9.27. The second-order valence-corrected chi connectivity index (χ2v) is 5.47. The topological polar surface area (TPSA) is 48.5 Å². The molecule has 0 bridgehead atoms. The molecule has 5 nitrogen and oxygen atoms in total. The summed E-state index contributed by atoms with van der Waals surface area (Å²) < 4.78 is 3.93. The van der Waals surface area contributed by atoms with Crippen molar-refractivity contribution in [2.24, 2.45) is 7.05 Å². The summed E-state index contributed by atoms with van der Waals surface area (Å²) in [6, 6.07) is 1.98. The Kier molecular flexibility index (Phi) is 3.68. The molecule has 0 saturated carbocycles. The van der Waals surface area contributed by atoms with E-state index in [0.717, 1.165) is 40.4 Å². The van der Waals surface area contributed by atoms with Gasteiger partial charge in [0, 0.05) is 31.7 Å². The number of hydrogen-bond acceptors (Lipinski definition) is 3. The zero-order chi connectivity index (χ0) is 15.0. The summed E-state index contributed by atoms with van der Waals surface area (Å²) in [5.74, 6) is 1.47. The van der Waals surface area contributed by atoms with Gasteiger partial charge in [0.05, 0.1) is 11.4 Å². The van der Waals surface area contributed by atoms with E-state index in [4.69, 9.17) is 16.6 Å². The van der Waals surface area contributed by atoms with Gasteiger partial charge in [0.25, 0.3) is 0 Å². The number of fused-ring (bicyclic) bond motifs is 1. The van der Waals surface area contributed by atoms with Crippen LogP contribution >= 0.6 is 11.6 Å². The Balaban J connectivity index is 2.33. The summed E-state index contributed by atoms with van der Waals surface area (Å²) in [5, 5.41) is 4.52. The molecular formula is C15H18ClN5. The molecule has 3 aromatic rings. The van der Waals surface area contributed by atoms with Gasteiger partial charge in [-0.1, -0.05) is 6.92 Å². The third kappa shape index (κ3) is 2.31. The molecule has 0 aliphatic rings. The average Bonchev–Trinajstić information content (AvgIpc) is 3.00. The number of halogens is 1. The van der Waals surface area contributed by atoms with E-state index in [1.807, 2.05) is 30.2 Å². The molecule has 0 saturated heterocycles. The van der Waals surface area contributed by atoms with Gasteiger partial charge in [-0.15, -0.1) is 11.6 Å². The van der Waals surface area contributed by atoms with E-state index in [0.29, 0.717) is 12.3 Å². The van der Waals surface area contributed by atoms with Crippen molar-refractivity contribution < 1.29 is 0 Å². The summed E-state index contributed by atoms with van der Waals surface area (Å²) in [7, 11) is 1.93. The van der Waals surface area contributed by atoms with Crippen molar-refractivity contribution in [1.29, 1.82) is 0 Å². The molecule has 0 aromatic carbocycles. The van der Waals surface area contributed by atoms with Crippen molar-refractivity contribution in [3.05, 3.63) is 35.5 Å². The maximum Gasteiger partial charge on any atom is 0.165 e. The highest BCUT2D eigenvalue weighted by Crippen LogP contribution is 2.24. The monoisotopic (exact) mass is 303 g/mol. The Morgan fingerprint density at radius 3 is 2.86 bits per heavy atom. The Morgan fingerprint density at radius 2 is 2.14 bits per heavy atom. The Labute approximate surface area is 128 Å². The van der Waals surface area contributed by atoms with Gasteiger partial charge in [0.1, 0.15) is 11.3 Å². The first-order valence-electron chi connectivity index (χ1n) is 7.07. The fourth-order valence-electron chi connectivity index (χ4n) is 2.61. The molecule has 0 radical (unpaired) electrons. The molecule has 0 unspecified atom stereocenters. The van der Waals surface area contributed by atoms with Crippen LogP contribution in [0.5, 0.6) is 0 Å². The highest BCUT2D eigenvalue weighted by molar-refractivity contribution is 6.17. The van der Waals surface area contributed by atoms with Crippen molar-refractivity contribution in [2.45, 2.75) is 26.7 Å². The molecule has 3 heterocycles. The van der Waals surface area contributed by atoms with Gasteiger partial charge in [-0.3, -0.25) is 9.25 Å². The van der Waals surface area contributed by atoms with Gasteiger partial charge in [-0.25, -0.2) is 9.97 Å². The largest absolute Gasteiger partial charge is 0.277 e. The van der Waals surface area contributed by atoms with Gasteiger partial charge >= 0.3 is 0 Å². The van der Waals surface area contributed by atoms with E-state index < -0.39 is 0 Å². The summed E-state index contributed by atoms with van der Waals surface area (Å²) in [6.45, 7) is 4.15. The number of aryl methyl sites for hydroxylation is 4. The minimum atomic E-state index is 0.532. The number of aromatic nitrogens is 5. The molecule has 0 aliphatic carbocycles. The van der Waals surface area contributed by atoms with Gasteiger partial charge in [-0.05, 0) is 25.0 Å². The maximum absolute atomic E-state index is 5.95. The lowest BCUT2D eigenvalue weighted by molar-refractivity contribution is 0.746. The smallest absolute Gasteiger partial charge is 0.165 e. The first-order valence-corrected chi connectivity index (χ1v) is 7.61. The van der Waals surface area contributed by atoms with E-state index >= 15 is 0 Å². The first-order chi connectivity index (χ1) is 10.2. The maximum atomic E-state index is 5.95. The van der Waals surface area contributed by atoms with E-state index in [-0.39, 0.29) is 0 Å². The lowest BCUT2D eigenvalue weighted by Crippen LogP contribution is -2.04. The number of imidazole rings is 1. The van der Waals surface area contributed by atoms with Crippen molar-refractivity contribution in [1.82, 2.24) is 24.3 Å². The number of hydrogen-bond donors (Lipinski definition) is 0. The molecule has 3 rings (SSSR count). The molecule has 0 amide bonds. The van der Waals surface area contributed by atoms with Gasteiger partial charge < -0.3 is 0 Å². The lowest BCUT2D eigenvalue weighted by atomic mass is 10.2. The van der Waals surface area contributed by atoms with Crippen LogP contribution in [-0.4, -0.2) is 30.2 Å². The SMILES string of the molecule is CCc1nn(C)cc1-n1c(CCCl)nc2c(C)ccnc21. The van der Waals surface area contributed by atoms with Gasteiger partial charge in [0.15, 0.2) is 5.65 Å². The Morgan fingerprint density at radius 1 is 1.33 bits per heavy atom. The zero-order valence-corrected chi connectivity index (χ0v) is 13.2. The predicted octanol–water partition coefficient (Wildman–Crippen LogP) is 2.81. The molecule has 0 aliphatic heterocycles. The van der Waals surface area contributed by atoms with Crippen molar-refractivity contribution >= 4 is 22.8 Å². The van der Waals surface area contributed by atoms with Crippen LogP contribution in [0.3, 0.4) is 0 Å². The van der Waals surface area contributed by atoms with Gasteiger partial charge in [0.2, 0.25) is 0 Å². The standard InChI is InChI=1S/C15H18ClN5/c1-4-11-12(9-20(3)19-11)21-13(5-7-16)18-14-10(2)6-8-17-15(14)21/h6,8-9H,4-5,7H2,1-3H3. The first kappa shape index (κ1) is 14.1. The molecule has 3 aromatic heterocycles. The minimum absolute atomic E-state index is 0.532. The third-order valence-corrected chi connectivity index (χ3v) is 3.78. The van der Waals surface area contributed by atoms with Crippen LogP contribution in [0.15, 0.2) is 18.5 Å². The van der Waals surface area contributed by atoms with E-state index in [2.05, 4.69) is 28.5 Å². The average molecular weight is 304 g/mol. The molecule has 0 spiro atoms. The molecule has 110 valence electrons. The number of alkyl halides is 1. The summed E-state index contributed by atoms with van der Waals surface area (Å²) in [6.07, 6.45) is 5.40. The van der Waals surface area contributed by atoms with E-state index in [9.17, 15) is 0 Å². The zero-order valence-electron chi connectivity index (χ0n) is 12.5. The molecule has 0 N–H and O–H groups in total. The van der Waals surface area contributed by atoms with Crippen LogP contribution in [0.4, 0.5) is 0 Å². The fourth-order valence-corrected chi connectivity index (χ4v) is 2.77. The molecular weight excluding hydrogens is 286 g/mol. The molecule has 0 fully saturated rings. The van der Waals surface area contributed by atoms with E-state index in [1.165, 1.54) is 0 Å². The lowest BCUT2D eigenvalue weighted by Gasteiger charge is -2.07. The summed E-state index contributed by atoms with van der Waals surface area (Å²) >= 11 is 5.95. The van der Waals surface area contributed by atoms with Crippen molar-refractivity contribution in [3.63, 3.8) is 0 Å². The normalized spacial score (nSPS) is 11.4. The number of rotatable bonds is 4. The highest BCUT2D eigenvalue weighted by atomic mass is 35.5. The Bertz CT molecular complexity index is 787. The van der Waals surface area contributed by atoms with Crippen molar-refractivity contribution in [3.8, 4) is 5.69 Å². The van der Waals surface area contributed by atoms with Gasteiger partial charge in [-0.2, -0.15) is 5.10 Å². The highest BCUT2D eigenvalue weighted by Gasteiger charge is 2.18. The quantitative estimate of drug-likeness (QED) is 0.696. The number of nitrogens with zero attached hydrogens (tertiary/aromatic N) is 5. The van der Waals surface area contributed by atoms with Crippen LogP contribution in [-0.2, 0) is 19.9 Å². The second-order valence-electron chi connectivity index (χ2n) is 5.09. The number of pyridine rings is 1. The second kappa shape index (κ2) is 5.48. The molecule has 6 heteroatoms. The third-order valence-electron chi connectivity index (χ3n) is 3.59. The van der Waals surface area contributed by atoms with Crippen molar-refractivity contribution in [2.75, 3.05) is 5.88 Å². The van der Waals surface area contributed by atoms with Crippen LogP contribution in [0.2, 0.25) is 0 Å². The van der Waals surface area contributed by atoms with Crippen LogP contribution < -0.4 is 0 Å². The Hall–Kier alpha value is -1.88. The summed E-state index contributed by atoms with van der Waals surface area (Å²) in [5.41, 5.74) is 5.01. The minimum Gasteiger partial charge on any atom is -0.277 e. The molecule has 0 atom stereocenters. The fraction of sp³-hybridized carbons (Fsp3) is 0.400. The predicted molar refractivity (Wildman–Crippen MR) is 84.2 cm³/mol. The van der Waals surface area contributed by atoms with E-state index in [1.54, 1.807) is 0 Å². The van der Waals surface area contributed by atoms with Crippen LogP contribution in [0.1, 0.15) is 24.0 Å².